The van der Waals surface area contributed by atoms with Crippen molar-refractivity contribution in [1.82, 2.24) is 0 Å². The Labute approximate surface area is 188 Å². The molecule has 0 aromatic heterocycles. The number of fused-ring (bicyclic) bond motifs is 1. The van der Waals surface area contributed by atoms with E-state index < -0.39 is 27.0 Å². The van der Waals surface area contributed by atoms with Crippen LogP contribution in [0.2, 0.25) is 5.02 Å². The normalized spacial score (nSPS) is 15.4. The topological polar surface area (TPSA) is 119 Å². The molecule has 3 aromatic rings. The summed E-state index contributed by atoms with van der Waals surface area (Å²) >= 11 is 5.88. The third-order valence-electron chi connectivity index (χ3n) is 4.75. The highest BCUT2D eigenvalue weighted by Crippen LogP contribution is 2.37. The van der Waals surface area contributed by atoms with E-state index in [1.807, 2.05) is 0 Å². The van der Waals surface area contributed by atoms with Gasteiger partial charge < -0.3 is 10.1 Å². The average molecular weight is 474 g/mol. The number of sulfonamides is 1. The van der Waals surface area contributed by atoms with Crippen LogP contribution in [0.25, 0.3) is 0 Å². The van der Waals surface area contributed by atoms with Crippen molar-refractivity contribution in [2.75, 3.05) is 16.2 Å². The van der Waals surface area contributed by atoms with Crippen LogP contribution < -0.4 is 14.4 Å². The van der Waals surface area contributed by atoms with Gasteiger partial charge in [-0.15, -0.1) is 0 Å². The first kappa shape index (κ1) is 21.6. The minimum absolute atomic E-state index is 0.0106. The summed E-state index contributed by atoms with van der Waals surface area (Å²) in [5.41, 5.74) is 0.297. The number of anilines is 2. The molecule has 164 valence electrons. The number of benzene rings is 3. The lowest BCUT2D eigenvalue weighted by molar-refractivity contribution is -0.384. The van der Waals surface area contributed by atoms with Crippen molar-refractivity contribution in [3.63, 3.8) is 0 Å². The molecule has 1 heterocycles. The first-order valence-electron chi connectivity index (χ1n) is 9.35. The van der Waals surface area contributed by atoms with Gasteiger partial charge in [-0.2, -0.15) is 0 Å². The zero-order chi connectivity index (χ0) is 22.9. The van der Waals surface area contributed by atoms with Crippen LogP contribution in [0.4, 0.5) is 17.1 Å². The number of ether oxygens (including phenoxy) is 1. The quantitative estimate of drug-likeness (QED) is 0.444. The largest absolute Gasteiger partial charge is 0.476 e. The monoisotopic (exact) mass is 473 g/mol. The highest BCUT2D eigenvalue weighted by Gasteiger charge is 2.37. The van der Waals surface area contributed by atoms with Gasteiger partial charge in [0.25, 0.3) is 21.6 Å². The molecule has 0 radical (unpaired) electrons. The van der Waals surface area contributed by atoms with Gasteiger partial charge in [0.05, 0.1) is 22.1 Å². The summed E-state index contributed by atoms with van der Waals surface area (Å²) < 4.78 is 33.5. The minimum Gasteiger partial charge on any atom is -0.476 e. The second kappa shape index (κ2) is 8.48. The maximum Gasteiger partial charge on any atom is 0.271 e. The molecule has 0 saturated carbocycles. The summed E-state index contributed by atoms with van der Waals surface area (Å²) in [6.45, 7) is -0.289. The van der Waals surface area contributed by atoms with Crippen molar-refractivity contribution in [2.45, 2.75) is 11.0 Å². The number of rotatable bonds is 5. The van der Waals surface area contributed by atoms with E-state index in [2.05, 4.69) is 5.32 Å². The number of hydrogen-bond donors (Lipinski definition) is 1. The van der Waals surface area contributed by atoms with Crippen LogP contribution in [0.15, 0.2) is 77.7 Å². The number of nitrogens with zero attached hydrogens (tertiary/aromatic N) is 2. The SMILES string of the molecule is O=C(Nc1cccc([N+](=O)[O-])c1)[C@H]1CN(S(=O)(=O)c2ccc(Cl)cc2)c2ccccc2O1. The third kappa shape index (κ3) is 4.23. The molecule has 9 nitrogen and oxygen atoms in total. The highest BCUT2D eigenvalue weighted by atomic mass is 35.5. The number of nitro groups is 1. The smallest absolute Gasteiger partial charge is 0.271 e. The molecule has 32 heavy (non-hydrogen) atoms. The molecule has 0 aliphatic carbocycles. The molecular formula is C21H16ClN3O6S. The van der Waals surface area contributed by atoms with E-state index in [0.29, 0.717) is 10.7 Å². The number of non-ortho nitro benzene ring substituents is 1. The molecule has 0 saturated heterocycles. The van der Waals surface area contributed by atoms with Gasteiger partial charge >= 0.3 is 0 Å². The van der Waals surface area contributed by atoms with E-state index in [9.17, 15) is 23.3 Å². The van der Waals surface area contributed by atoms with E-state index >= 15 is 0 Å². The van der Waals surface area contributed by atoms with E-state index in [-0.39, 0.29) is 28.6 Å². The van der Waals surface area contributed by atoms with Crippen molar-refractivity contribution < 1.29 is 22.9 Å². The Morgan fingerprint density at radius 2 is 1.81 bits per heavy atom. The van der Waals surface area contributed by atoms with Crippen LogP contribution in [-0.4, -0.2) is 31.9 Å². The fourth-order valence-electron chi connectivity index (χ4n) is 3.22. The molecule has 0 spiro atoms. The van der Waals surface area contributed by atoms with Crippen LogP contribution in [-0.2, 0) is 14.8 Å². The van der Waals surface area contributed by atoms with Crippen LogP contribution in [0, 0.1) is 10.1 Å². The second-order valence-corrected chi connectivity index (χ2v) is 9.16. The minimum atomic E-state index is -4.02. The molecule has 0 unspecified atom stereocenters. The van der Waals surface area contributed by atoms with Crippen molar-refractivity contribution >= 4 is 44.6 Å². The first-order chi connectivity index (χ1) is 15.3. The van der Waals surface area contributed by atoms with Crippen molar-refractivity contribution in [1.29, 1.82) is 0 Å². The number of para-hydroxylation sites is 2. The summed E-state index contributed by atoms with van der Waals surface area (Å²) in [4.78, 5) is 23.3. The number of amides is 1. The van der Waals surface area contributed by atoms with Gasteiger partial charge in [0.2, 0.25) is 0 Å². The summed E-state index contributed by atoms with van der Waals surface area (Å²) in [7, 11) is -4.02. The Hall–Kier alpha value is -3.63. The number of halogens is 1. The molecule has 1 atom stereocenters. The molecular weight excluding hydrogens is 458 g/mol. The molecule has 4 rings (SSSR count). The van der Waals surface area contributed by atoms with Gasteiger partial charge in [0.15, 0.2) is 6.10 Å². The van der Waals surface area contributed by atoms with Gasteiger partial charge in [-0.1, -0.05) is 29.8 Å². The predicted molar refractivity (Wildman–Crippen MR) is 119 cm³/mol. The molecule has 1 aliphatic rings. The molecule has 0 bridgehead atoms. The Kier molecular flexibility index (Phi) is 5.72. The Morgan fingerprint density at radius 1 is 1.09 bits per heavy atom. The molecule has 1 N–H and O–H groups in total. The maximum atomic E-state index is 13.3. The fourth-order valence-corrected chi connectivity index (χ4v) is 4.82. The number of carbonyl (C=O) groups excluding carboxylic acids is 1. The van der Waals surface area contributed by atoms with E-state index in [0.717, 1.165) is 4.31 Å². The molecule has 0 fully saturated rings. The average Bonchev–Trinajstić information content (AvgIpc) is 2.78. The summed E-state index contributed by atoms with van der Waals surface area (Å²) in [6.07, 6.45) is -1.19. The van der Waals surface area contributed by atoms with Crippen LogP contribution in [0.1, 0.15) is 0 Å². The van der Waals surface area contributed by atoms with Crippen molar-refractivity contribution in [3.05, 3.63) is 87.9 Å². The van der Waals surface area contributed by atoms with E-state index in [4.69, 9.17) is 16.3 Å². The molecule has 11 heteroatoms. The molecule has 1 amide bonds. The fraction of sp³-hybridized carbons (Fsp3) is 0.0952. The number of nitro benzene ring substituents is 1. The Morgan fingerprint density at radius 3 is 2.53 bits per heavy atom. The second-order valence-electron chi connectivity index (χ2n) is 6.86. The predicted octanol–water partition coefficient (Wildman–Crippen LogP) is 3.84. The summed E-state index contributed by atoms with van der Waals surface area (Å²) in [6, 6.07) is 17.6. The molecule has 3 aromatic carbocycles. The summed E-state index contributed by atoms with van der Waals surface area (Å²) in [5.74, 6) is -0.424. The zero-order valence-electron chi connectivity index (χ0n) is 16.3. The van der Waals surface area contributed by atoms with Crippen molar-refractivity contribution in [2.24, 2.45) is 0 Å². The van der Waals surface area contributed by atoms with Gasteiger partial charge in [0, 0.05) is 22.8 Å². The number of hydrogen-bond acceptors (Lipinski definition) is 6. The van der Waals surface area contributed by atoms with Crippen LogP contribution >= 0.6 is 11.6 Å². The van der Waals surface area contributed by atoms with Gasteiger partial charge in [-0.25, -0.2) is 8.42 Å². The lowest BCUT2D eigenvalue weighted by Gasteiger charge is -2.34. The van der Waals surface area contributed by atoms with Gasteiger partial charge in [-0.05, 0) is 42.5 Å². The number of carbonyl (C=O) groups is 1. The highest BCUT2D eigenvalue weighted by molar-refractivity contribution is 7.92. The lowest BCUT2D eigenvalue weighted by atomic mass is 10.2. The summed E-state index contributed by atoms with van der Waals surface area (Å²) in [5, 5.41) is 13.9. The van der Waals surface area contributed by atoms with Crippen LogP contribution in [0.5, 0.6) is 5.75 Å². The lowest BCUT2D eigenvalue weighted by Crippen LogP contribution is -2.48. The molecule has 1 aliphatic heterocycles. The van der Waals surface area contributed by atoms with Gasteiger partial charge in [-0.3, -0.25) is 19.2 Å². The third-order valence-corrected chi connectivity index (χ3v) is 6.80. The Bertz CT molecular complexity index is 1300. The zero-order valence-corrected chi connectivity index (χ0v) is 17.9. The van der Waals surface area contributed by atoms with Crippen LogP contribution in [0.3, 0.4) is 0 Å². The van der Waals surface area contributed by atoms with E-state index in [1.165, 1.54) is 48.5 Å². The maximum absolute atomic E-state index is 13.3. The van der Waals surface area contributed by atoms with Crippen molar-refractivity contribution in [3.8, 4) is 5.75 Å². The van der Waals surface area contributed by atoms with Gasteiger partial charge in [0.1, 0.15) is 5.75 Å². The number of nitrogens with one attached hydrogen (secondary N) is 1. The Balaban J connectivity index is 1.65. The standard InChI is InChI=1S/C21H16ClN3O6S/c22-14-8-10-17(11-9-14)32(29,30)24-13-20(31-19-7-2-1-6-18(19)24)21(26)23-15-4-3-5-16(12-15)25(27)28/h1-12,20H,13H2,(H,23,26)/t20-/m1/s1. The first-order valence-corrected chi connectivity index (χ1v) is 11.2. The van der Waals surface area contributed by atoms with E-state index in [1.54, 1.807) is 24.3 Å².